The van der Waals surface area contributed by atoms with E-state index in [1.54, 1.807) is 11.3 Å². The number of thiazole rings is 1. The fourth-order valence-corrected chi connectivity index (χ4v) is 3.65. The van der Waals surface area contributed by atoms with Crippen LogP contribution in [0.25, 0.3) is 15.3 Å². The van der Waals surface area contributed by atoms with Crippen LogP contribution in [0.1, 0.15) is 16.6 Å². The topological polar surface area (TPSA) is 55.6 Å². The van der Waals surface area contributed by atoms with Gasteiger partial charge in [-0.3, -0.25) is 9.20 Å². The second-order valence-electron chi connectivity index (χ2n) is 4.73. The molecule has 1 amide bonds. The number of carbonyl (C=O) groups is 1. The molecule has 7 heteroatoms. The molecule has 0 aliphatic carbocycles. The lowest BCUT2D eigenvalue weighted by atomic mass is 10.4. The number of hydrogen-bond donors (Lipinski definition) is 1. The van der Waals surface area contributed by atoms with Crippen molar-refractivity contribution in [2.24, 2.45) is 0 Å². The van der Waals surface area contributed by atoms with Crippen LogP contribution in [0.2, 0.25) is 0 Å². The number of carbonyl (C=O) groups excluding carboxylic acids is 1. The van der Waals surface area contributed by atoms with Gasteiger partial charge in [-0.05, 0) is 13.0 Å². The normalized spacial score (nSPS) is 11.3. The highest BCUT2D eigenvalue weighted by Gasteiger charge is 2.14. The van der Waals surface area contributed by atoms with E-state index >= 15 is 0 Å². The van der Waals surface area contributed by atoms with E-state index in [9.17, 15) is 4.79 Å². The van der Waals surface area contributed by atoms with Crippen molar-refractivity contribution < 1.29 is 9.53 Å². The highest BCUT2D eigenvalue weighted by Crippen LogP contribution is 2.28. The Bertz CT molecular complexity index is 800. The molecule has 21 heavy (non-hydrogen) atoms. The second kappa shape index (κ2) is 5.97. The summed E-state index contributed by atoms with van der Waals surface area (Å²) in [6.07, 6.45) is 1.97. The molecule has 1 N–H and O–H groups in total. The lowest BCUT2D eigenvalue weighted by Crippen LogP contribution is -2.26. The van der Waals surface area contributed by atoms with Crippen molar-refractivity contribution in [3.05, 3.63) is 34.7 Å². The molecule has 0 aliphatic heterocycles. The summed E-state index contributed by atoms with van der Waals surface area (Å²) < 4.78 is 7.35. The fraction of sp³-hybridized carbons (Fsp3) is 0.286. The lowest BCUT2D eigenvalue weighted by molar-refractivity contribution is 0.0931. The molecular weight excluding hydrogens is 306 g/mol. The van der Waals surface area contributed by atoms with E-state index in [1.165, 1.54) is 11.3 Å². The molecule has 0 saturated carbocycles. The molecular formula is C14H15N3O2S2. The zero-order chi connectivity index (χ0) is 14.8. The number of nitrogens with one attached hydrogen (secondary N) is 1. The molecule has 0 bridgehead atoms. The molecule has 3 aromatic rings. The summed E-state index contributed by atoms with van der Waals surface area (Å²) in [6, 6.07) is 1.89. The van der Waals surface area contributed by atoms with Crippen molar-refractivity contribution in [3.63, 3.8) is 0 Å². The molecule has 3 aromatic heterocycles. The van der Waals surface area contributed by atoms with Crippen molar-refractivity contribution in [3.8, 4) is 0 Å². The standard InChI is InChI=1S/C14H15N3O2S2/c1-9(2)8-19-5-3-15-12(18)11-7-10-13(21-11)16-14-17(10)4-6-20-14/h4,6-7H,1,3,5,8H2,2H3,(H,15,18). The maximum atomic E-state index is 12.1. The number of hydrogen-bond acceptors (Lipinski definition) is 5. The third-order valence-electron chi connectivity index (χ3n) is 2.84. The van der Waals surface area contributed by atoms with E-state index in [2.05, 4.69) is 16.9 Å². The van der Waals surface area contributed by atoms with Crippen molar-refractivity contribution in [2.75, 3.05) is 19.8 Å². The summed E-state index contributed by atoms with van der Waals surface area (Å²) in [5.74, 6) is -0.0825. The Morgan fingerprint density at radius 3 is 3.24 bits per heavy atom. The summed E-state index contributed by atoms with van der Waals surface area (Å²) in [4.78, 5) is 19.1. The molecule has 5 nitrogen and oxygen atoms in total. The Hall–Kier alpha value is -1.70. The molecule has 0 aliphatic rings. The maximum Gasteiger partial charge on any atom is 0.261 e. The zero-order valence-electron chi connectivity index (χ0n) is 11.6. The van der Waals surface area contributed by atoms with Crippen LogP contribution in [0.15, 0.2) is 29.8 Å². The first-order valence-corrected chi connectivity index (χ1v) is 8.20. The van der Waals surface area contributed by atoms with Gasteiger partial charge in [0, 0.05) is 18.1 Å². The molecule has 0 spiro atoms. The molecule has 110 valence electrons. The molecule has 0 fully saturated rings. The summed E-state index contributed by atoms with van der Waals surface area (Å²) >= 11 is 3.00. The van der Waals surface area contributed by atoms with Crippen LogP contribution in [-0.2, 0) is 4.74 Å². The van der Waals surface area contributed by atoms with E-state index in [4.69, 9.17) is 4.74 Å². The van der Waals surface area contributed by atoms with Crippen molar-refractivity contribution in [2.45, 2.75) is 6.92 Å². The third kappa shape index (κ3) is 2.99. The van der Waals surface area contributed by atoms with Gasteiger partial charge in [0.15, 0.2) is 4.96 Å². The first kappa shape index (κ1) is 14.2. The quantitative estimate of drug-likeness (QED) is 0.561. The van der Waals surface area contributed by atoms with E-state index < -0.39 is 0 Å². The first-order chi connectivity index (χ1) is 10.1. The fourth-order valence-electron chi connectivity index (χ4n) is 1.93. The number of ether oxygens (including phenoxy) is 1. The summed E-state index contributed by atoms with van der Waals surface area (Å²) in [5.41, 5.74) is 1.96. The minimum Gasteiger partial charge on any atom is -0.375 e. The highest BCUT2D eigenvalue weighted by molar-refractivity contribution is 7.21. The molecule has 3 rings (SSSR count). The van der Waals surface area contributed by atoms with Gasteiger partial charge in [-0.2, -0.15) is 0 Å². The van der Waals surface area contributed by atoms with E-state index in [0.29, 0.717) is 24.6 Å². The third-order valence-corrected chi connectivity index (χ3v) is 4.62. The number of rotatable bonds is 6. The van der Waals surface area contributed by atoms with E-state index in [-0.39, 0.29) is 5.91 Å². The highest BCUT2D eigenvalue weighted by atomic mass is 32.1. The zero-order valence-corrected chi connectivity index (χ0v) is 13.2. The molecule has 0 aromatic carbocycles. The van der Waals surface area contributed by atoms with Crippen LogP contribution in [0.3, 0.4) is 0 Å². The number of amides is 1. The van der Waals surface area contributed by atoms with Crippen LogP contribution in [0.4, 0.5) is 0 Å². The van der Waals surface area contributed by atoms with Crippen molar-refractivity contribution in [1.29, 1.82) is 0 Å². The van der Waals surface area contributed by atoms with Gasteiger partial charge in [0.05, 0.1) is 23.6 Å². The number of fused-ring (bicyclic) bond motifs is 3. The predicted octanol–water partition coefficient (Wildman–Crippen LogP) is 2.93. The molecule has 0 unspecified atom stereocenters. The molecule has 0 saturated heterocycles. The van der Waals surface area contributed by atoms with Crippen LogP contribution in [0, 0.1) is 0 Å². The molecule has 0 atom stereocenters. The van der Waals surface area contributed by atoms with Crippen LogP contribution in [0.5, 0.6) is 0 Å². The summed E-state index contributed by atoms with van der Waals surface area (Å²) in [5, 5.41) is 4.83. The monoisotopic (exact) mass is 321 g/mol. The smallest absolute Gasteiger partial charge is 0.261 e. The molecule has 3 heterocycles. The van der Waals surface area contributed by atoms with E-state index in [1.807, 2.05) is 29.0 Å². The first-order valence-electron chi connectivity index (χ1n) is 6.50. The van der Waals surface area contributed by atoms with Gasteiger partial charge in [0.25, 0.3) is 5.91 Å². The lowest BCUT2D eigenvalue weighted by Gasteiger charge is -2.04. The average molecular weight is 321 g/mol. The maximum absolute atomic E-state index is 12.1. The van der Waals surface area contributed by atoms with Gasteiger partial charge >= 0.3 is 0 Å². The predicted molar refractivity (Wildman–Crippen MR) is 86.4 cm³/mol. The Kier molecular flexibility index (Phi) is 4.05. The Labute approximate surface area is 129 Å². The largest absolute Gasteiger partial charge is 0.375 e. The summed E-state index contributed by atoms with van der Waals surface area (Å²) in [6.45, 7) is 7.16. The number of aromatic nitrogens is 2. The van der Waals surface area contributed by atoms with E-state index in [0.717, 1.165) is 20.9 Å². The Morgan fingerprint density at radius 1 is 1.57 bits per heavy atom. The second-order valence-corrected chi connectivity index (χ2v) is 6.64. The number of nitrogens with zero attached hydrogens (tertiary/aromatic N) is 2. The van der Waals surface area contributed by atoms with Crippen LogP contribution >= 0.6 is 22.7 Å². The van der Waals surface area contributed by atoms with Gasteiger partial charge in [-0.15, -0.1) is 22.7 Å². The van der Waals surface area contributed by atoms with Gasteiger partial charge in [0.1, 0.15) is 4.83 Å². The van der Waals surface area contributed by atoms with Gasteiger partial charge in [0.2, 0.25) is 0 Å². The number of thiophene rings is 1. The average Bonchev–Trinajstić information content (AvgIpc) is 3.08. The SMILES string of the molecule is C=C(C)COCCNC(=O)c1cc2c(nc3sccn32)s1. The van der Waals surface area contributed by atoms with Crippen molar-refractivity contribution in [1.82, 2.24) is 14.7 Å². The number of imidazole rings is 1. The Morgan fingerprint density at radius 2 is 2.43 bits per heavy atom. The molecule has 0 radical (unpaired) electrons. The van der Waals surface area contributed by atoms with Gasteiger partial charge in [-0.1, -0.05) is 12.2 Å². The minimum atomic E-state index is -0.0825. The Balaban J connectivity index is 1.62. The summed E-state index contributed by atoms with van der Waals surface area (Å²) in [7, 11) is 0. The van der Waals surface area contributed by atoms with Crippen LogP contribution < -0.4 is 5.32 Å². The van der Waals surface area contributed by atoms with Gasteiger partial charge in [-0.25, -0.2) is 4.98 Å². The van der Waals surface area contributed by atoms with Crippen molar-refractivity contribution >= 4 is 43.9 Å². The van der Waals surface area contributed by atoms with Gasteiger partial charge < -0.3 is 10.1 Å². The van der Waals surface area contributed by atoms with Crippen LogP contribution in [-0.4, -0.2) is 35.1 Å². The minimum absolute atomic E-state index is 0.0825.